The van der Waals surface area contributed by atoms with Crippen LogP contribution < -0.4 is 9.64 Å². The van der Waals surface area contributed by atoms with E-state index in [1.807, 2.05) is 55.5 Å². The van der Waals surface area contributed by atoms with Gasteiger partial charge in [0, 0.05) is 33.9 Å². The fourth-order valence-electron chi connectivity index (χ4n) is 6.67. The smallest absolute Gasteiger partial charge is 0.259 e. The lowest BCUT2D eigenvalue weighted by molar-refractivity contribution is 0.0808. The number of hydrogen-bond acceptors (Lipinski definition) is 4. The number of carbonyl (C=O) groups excluding carboxylic acids is 3. The van der Waals surface area contributed by atoms with E-state index in [-0.39, 0.29) is 29.4 Å². The van der Waals surface area contributed by atoms with Gasteiger partial charge in [-0.05, 0) is 84.5 Å². The number of fused-ring (bicyclic) bond motifs is 2. The summed E-state index contributed by atoms with van der Waals surface area (Å²) in [6.45, 7) is 6.25. The molecule has 4 aromatic rings. The first-order valence-corrected chi connectivity index (χ1v) is 14.3. The number of nitrogens with zero attached hydrogens (tertiary/aromatic N) is 1. The van der Waals surface area contributed by atoms with Crippen molar-refractivity contribution in [1.82, 2.24) is 0 Å². The van der Waals surface area contributed by atoms with Crippen molar-refractivity contribution in [3.05, 3.63) is 124 Å². The van der Waals surface area contributed by atoms with E-state index in [1.165, 1.54) is 5.56 Å². The van der Waals surface area contributed by atoms with Gasteiger partial charge in [0.15, 0.2) is 11.6 Å². The van der Waals surface area contributed by atoms with Gasteiger partial charge in [-0.1, -0.05) is 56.2 Å². The molecule has 2 aliphatic carbocycles. The summed E-state index contributed by atoms with van der Waals surface area (Å²) < 4.78 is 6.15. The zero-order chi connectivity index (χ0) is 29.3. The number of hydrogen-bond donors (Lipinski definition) is 0. The van der Waals surface area contributed by atoms with Gasteiger partial charge in [0.05, 0.1) is 6.04 Å². The van der Waals surface area contributed by atoms with E-state index in [0.29, 0.717) is 46.1 Å². The Labute approximate surface area is 245 Å². The molecule has 3 unspecified atom stereocenters. The van der Waals surface area contributed by atoms with Gasteiger partial charge in [-0.25, -0.2) is 0 Å². The van der Waals surface area contributed by atoms with Gasteiger partial charge in [0.2, 0.25) is 0 Å². The molecule has 1 heterocycles. The number of rotatable bonds is 5. The SMILES string of the molecule is C#Cc1cccc(N2C(=O)c3cc(Oc4ccc5c(c4)C(=O)C4(CC4c4cccc(C(C)C)c4)C5=O)ccc3C2C)c1. The van der Waals surface area contributed by atoms with E-state index < -0.39 is 5.41 Å². The van der Waals surface area contributed by atoms with E-state index in [0.717, 1.165) is 16.8 Å². The highest BCUT2D eigenvalue weighted by Gasteiger charge is 2.69. The summed E-state index contributed by atoms with van der Waals surface area (Å²) in [6, 6.07) is 26.0. The number of benzene rings is 4. The minimum Gasteiger partial charge on any atom is -0.457 e. The number of Topliss-reactive ketones (excluding diaryl/α,β-unsaturated/α-hetero) is 2. The molecule has 3 atom stereocenters. The van der Waals surface area contributed by atoms with Crippen LogP contribution in [0.1, 0.15) is 98.4 Å². The Morgan fingerprint density at radius 2 is 1.57 bits per heavy atom. The van der Waals surface area contributed by atoms with Gasteiger partial charge in [0.25, 0.3) is 5.91 Å². The molecule has 1 saturated carbocycles. The first kappa shape index (κ1) is 26.0. The summed E-state index contributed by atoms with van der Waals surface area (Å²) in [5, 5.41) is 0. The zero-order valence-electron chi connectivity index (χ0n) is 23.7. The Kier molecular flexibility index (Phi) is 5.75. The lowest BCUT2D eigenvalue weighted by atomic mass is 9.92. The standard InChI is InChI=1S/C37H29NO4/c1-5-23-8-6-11-26(16-23)38-22(4)29-14-12-28(19-32(29)36(38)41)42-27-13-15-30-31(18-27)35(40)37(34(30)39)20-33(37)25-10-7-9-24(17-25)21(2)3/h1,6-19,21-22,33H,20H2,2-4H3. The molecule has 1 spiro atoms. The maximum Gasteiger partial charge on any atom is 0.259 e. The number of ketones is 2. The van der Waals surface area contributed by atoms with Gasteiger partial charge in [-0.15, -0.1) is 6.42 Å². The highest BCUT2D eigenvalue weighted by molar-refractivity contribution is 6.32. The van der Waals surface area contributed by atoms with Crippen molar-refractivity contribution in [1.29, 1.82) is 0 Å². The molecule has 206 valence electrons. The second kappa shape index (κ2) is 9.29. The number of anilines is 1. The summed E-state index contributed by atoms with van der Waals surface area (Å²) >= 11 is 0. The lowest BCUT2D eigenvalue weighted by Crippen LogP contribution is -2.26. The van der Waals surface area contributed by atoms with Crippen LogP contribution in [0.15, 0.2) is 84.9 Å². The van der Waals surface area contributed by atoms with Crippen LogP contribution in [0, 0.1) is 17.8 Å². The minimum atomic E-state index is -1.01. The van der Waals surface area contributed by atoms with Crippen molar-refractivity contribution in [2.45, 2.75) is 45.1 Å². The molecule has 5 nitrogen and oxygen atoms in total. The maximum atomic E-state index is 13.7. The number of amides is 1. The molecule has 1 fully saturated rings. The molecular formula is C37H29NO4. The number of terminal acetylenes is 1. The van der Waals surface area contributed by atoms with E-state index in [9.17, 15) is 14.4 Å². The van der Waals surface area contributed by atoms with Gasteiger partial charge >= 0.3 is 0 Å². The normalized spacial score (nSPS) is 22.0. The first-order chi connectivity index (χ1) is 20.2. The lowest BCUT2D eigenvalue weighted by Gasteiger charge is -2.22. The molecule has 0 aromatic heterocycles. The monoisotopic (exact) mass is 551 g/mol. The average Bonchev–Trinajstić information content (AvgIpc) is 3.67. The molecule has 7 rings (SSSR count). The second-order valence-electron chi connectivity index (χ2n) is 11.8. The Morgan fingerprint density at radius 1 is 0.857 bits per heavy atom. The van der Waals surface area contributed by atoms with E-state index in [1.54, 1.807) is 29.2 Å². The van der Waals surface area contributed by atoms with Crippen LogP contribution in [-0.2, 0) is 0 Å². The molecule has 1 aliphatic heterocycles. The average molecular weight is 552 g/mol. The van der Waals surface area contributed by atoms with Crippen molar-refractivity contribution in [3.63, 3.8) is 0 Å². The van der Waals surface area contributed by atoms with E-state index in [2.05, 4.69) is 31.9 Å². The van der Waals surface area contributed by atoms with E-state index in [4.69, 9.17) is 11.2 Å². The van der Waals surface area contributed by atoms with Gasteiger partial charge in [-0.2, -0.15) is 0 Å². The highest BCUT2D eigenvalue weighted by Crippen LogP contribution is 2.65. The molecular weight excluding hydrogens is 522 g/mol. The van der Waals surface area contributed by atoms with Crippen LogP contribution in [-0.4, -0.2) is 17.5 Å². The summed E-state index contributed by atoms with van der Waals surface area (Å²) in [6.07, 6.45) is 6.10. The topological polar surface area (TPSA) is 63.7 Å². The van der Waals surface area contributed by atoms with Gasteiger partial charge in [-0.3, -0.25) is 14.4 Å². The summed E-state index contributed by atoms with van der Waals surface area (Å²) in [7, 11) is 0. The zero-order valence-corrected chi connectivity index (χ0v) is 23.7. The van der Waals surface area contributed by atoms with Gasteiger partial charge < -0.3 is 9.64 Å². The Morgan fingerprint density at radius 3 is 2.33 bits per heavy atom. The van der Waals surface area contributed by atoms with E-state index >= 15 is 0 Å². The maximum absolute atomic E-state index is 13.7. The van der Waals surface area contributed by atoms with Crippen LogP contribution >= 0.6 is 0 Å². The Hall–Kier alpha value is -4.95. The van der Waals surface area contributed by atoms with Crippen LogP contribution in [0.3, 0.4) is 0 Å². The third-order valence-corrected chi connectivity index (χ3v) is 9.07. The molecule has 0 bridgehead atoms. The summed E-state index contributed by atoms with van der Waals surface area (Å²) in [5.41, 5.74) is 5.01. The summed E-state index contributed by atoms with van der Waals surface area (Å²) in [4.78, 5) is 42.4. The van der Waals surface area contributed by atoms with Crippen LogP contribution in [0.25, 0.3) is 0 Å². The summed E-state index contributed by atoms with van der Waals surface area (Å²) in [5.74, 6) is 3.46. The quantitative estimate of drug-likeness (QED) is 0.187. The minimum absolute atomic E-state index is 0.0971. The fourth-order valence-corrected chi connectivity index (χ4v) is 6.67. The van der Waals surface area contributed by atoms with Crippen molar-refractivity contribution in [2.24, 2.45) is 5.41 Å². The molecule has 1 amide bonds. The third kappa shape index (κ3) is 3.75. The molecule has 4 aromatic carbocycles. The molecule has 0 radical (unpaired) electrons. The first-order valence-electron chi connectivity index (χ1n) is 14.3. The van der Waals surface area contributed by atoms with Gasteiger partial charge in [0.1, 0.15) is 16.9 Å². The Balaban J connectivity index is 1.14. The van der Waals surface area contributed by atoms with Crippen molar-refractivity contribution in [2.75, 3.05) is 4.90 Å². The fraction of sp³-hybridized carbons (Fsp3) is 0.216. The van der Waals surface area contributed by atoms with Crippen LogP contribution in [0.4, 0.5) is 5.69 Å². The third-order valence-electron chi connectivity index (χ3n) is 9.07. The Bertz CT molecular complexity index is 1880. The molecule has 5 heteroatoms. The molecule has 3 aliphatic rings. The largest absolute Gasteiger partial charge is 0.457 e. The van der Waals surface area contributed by atoms with Crippen molar-refractivity contribution >= 4 is 23.2 Å². The van der Waals surface area contributed by atoms with Crippen LogP contribution in [0.5, 0.6) is 11.5 Å². The predicted molar refractivity (Wildman–Crippen MR) is 162 cm³/mol. The number of carbonyl (C=O) groups is 3. The molecule has 0 saturated heterocycles. The van der Waals surface area contributed by atoms with Crippen molar-refractivity contribution in [3.8, 4) is 23.8 Å². The second-order valence-corrected chi connectivity index (χ2v) is 11.8. The molecule has 42 heavy (non-hydrogen) atoms. The number of ether oxygens (including phenoxy) is 1. The predicted octanol–water partition coefficient (Wildman–Crippen LogP) is 7.86. The van der Waals surface area contributed by atoms with Crippen LogP contribution in [0.2, 0.25) is 0 Å². The highest BCUT2D eigenvalue weighted by atomic mass is 16.5. The molecule has 0 N–H and O–H groups in total. The van der Waals surface area contributed by atoms with Crippen molar-refractivity contribution < 1.29 is 19.1 Å².